The number of phenolic OH excluding ortho intramolecular Hbond substituents is 1. The summed E-state index contributed by atoms with van der Waals surface area (Å²) in [5.41, 5.74) is 1.75. The molecule has 5 nitrogen and oxygen atoms in total. The van der Waals surface area contributed by atoms with Gasteiger partial charge in [-0.05, 0) is 54.5 Å². The Hall–Kier alpha value is -2.82. The maximum atomic E-state index is 12.8. The minimum absolute atomic E-state index is 0.00898. The fourth-order valence-corrected chi connectivity index (χ4v) is 4.71. The molecule has 2 aromatic rings. The third-order valence-corrected chi connectivity index (χ3v) is 6.31. The van der Waals surface area contributed by atoms with Crippen LogP contribution in [0.5, 0.6) is 5.75 Å². The van der Waals surface area contributed by atoms with E-state index in [-0.39, 0.29) is 28.9 Å². The number of carbonyl (C=O) groups is 2. The lowest BCUT2D eigenvalue weighted by Crippen LogP contribution is -2.53. The molecule has 0 bridgehead atoms. The summed E-state index contributed by atoms with van der Waals surface area (Å²) in [6, 6.07) is 16.5. The van der Waals surface area contributed by atoms with Gasteiger partial charge in [-0.3, -0.25) is 9.59 Å². The SMILES string of the molecule is CN1CC2(CCN(C(=O)c3ccc(O)cc3)CC2)C[C@H](c2ccccc2)C1=O. The van der Waals surface area contributed by atoms with Crippen molar-refractivity contribution in [2.45, 2.75) is 25.2 Å². The molecule has 2 aromatic carbocycles. The summed E-state index contributed by atoms with van der Waals surface area (Å²) in [6.45, 7) is 2.16. The number of rotatable bonds is 2. The largest absolute Gasteiger partial charge is 0.508 e. The second-order valence-electron chi connectivity index (χ2n) is 8.20. The molecule has 146 valence electrons. The quantitative estimate of drug-likeness (QED) is 0.873. The molecule has 0 unspecified atom stereocenters. The van der Waals surface area contributed by atoms with Crippen LogP contribution in [0, 0.1) is 5.41 Å². The van der Waals surface area contributed by atoms with Crippen molar-refractivity contribution in [2.75, 3.05) is 26.7 Å². The Morgan fingerprint density at radius 3 is 2.32 bits per heavy atom. The third kappa shape index (κ3) is 3.49. The maximum Gasteiger partial charge on any atom is 0.253 e. The van der Waals surface area contributed by atoms with E-state index in [0.717, 1.165) is 31.4 Å². The highest BCUT2D eigenvalue weighted by molar-refractivity contribution is 5.94. The first-order chi connectivity index (χ1) is 13.5. The fraction of sp³-hybridized carbons (Fsp3) is 0.391. The highest BCUT2D eigenvalue weighted by Gasteiger charge is 2.45. The van der Waals surface area contributed by atoms with Crippen molar-refractivity contribution >= 4 is 11.8 Å². The lowest BCUT2D eigenvalue weighted by atomic mass is 9.67. The van der Waals surface area contributed by atoms with Gasteiger partial charge in [-0.25, -0.2) is 0 Å². The number of hydrogen-bond acceptors (Lipinski definition) is 3. The van der Waals surface area contributed by atoms with Gasteiger partial charge in [-0.2, -0.15) is 0 Å². The normalized spacial score (nSPS) is 21.8. The molecule has 1 spiro atoms. The minimum atomic E-state index is -0.0979. The summed E-state index contributed by atoms with van der Waals surface area (Å²) in [5, 5.41) is 9.42. The molecule has 1 N–H and O–H groups in total. The predicted molar refractivity (Wildman–Crippen MR) is 107 cm³/mol. The molecule has 0 radical (unpaired) electrons. The number of piperidine rings is 2. The van der Waals surface area contributed by atoms with E-state index in [0.29, 0.717) is 18.7 Å². The Morgan fingerprint density at radius 1 is 1.04 bits per heavy atom. The zero-order chi connectivity index (χ0) is 19.7. The predicted octanol–water partition coefficient (Wildman–Crippen LogP) is 3.26. The Balaban J connectivity index is 1.47. The Bertz CT molecular complexity index is 855. The minimum Gasteiger partial charge on any atom is -0.508 e. The van der Waals surface area contributed by atoms with E-state index >= 15 is 0 Å². The van der Waals surface area contributed by atoms with Gasteiger partial charge in [0.2, 0.25) is 5.91 Å². The van der Waals surface area contributed by atoms with Crippen LogP contribution in [-0.4, -0.2) is 53.4 Å². The first kappa shape index (κ1) is 18.5. The molecule has 4 rings (SSSR count). The van der Waals surface area contributed by atoms with E-state index in [2.05, 4.69) is 0 Å². The average molecular weight is 378 g/mol. The Morgan fingerprint density at radius 2 is 1.68 bits per heavy atom. The molecule has 2 aliphatic heterocycles. The van der Waals surface area contributed by atoms with Crippen molar-refractivity contribution in [3.63, 3.8) is 0 Å². The number of aromatic hydroxyl groups is 1. The topological polar surface area (TPSA) is 60.9 Å². The lowest BCUT2D eigenvalue weighted by Gasteiger charge is -2.49. The molecule has 0 saturated carbocycles. The van der Waals surface area contributed by atoms with Crippen LogP contribution in [0.4, 0.5) is 0 Å². The Kier molecular flexibility index (Phi) is 4.84. The number of nitrogens with zero attached hydrogens (tertiary/aromatic N) is 2. The van der Waals surface area contributed by atoms with Crippen LogP contribution in [0.3, 0.4) is 0 Å². The number of benzene rings is 2. The molecule has 0 aromatic heterocycles. The monoisotopic (exact) mass is 378 g/mol. The standard InChI is InChI=1S/C23H26N2O3/c1-24-16-23(15-20(22(24)28)17-5-3-2-4-6-17)11-13-25(14-12-23)21(27)18-7-9-19(26)10-8-18/h2-10,20,26H,11-16H2,1H3/t20-/m1/s1. The number of hydrogen-bond donors (Lipinski definition) is 1. The smallest absolute Gasteiger partial charge is 0.253 e. The summed E-state index contributed by atoms with van der Waals surface area (Å²) in [5.74, 6) is 0.268. The van der Waals surface area contributed by atoms with Gasteiger partial charge < -0.3 is 14.9 Å². The van der Waals surface area contributed by atoms with Crippen molar-refractivity contribution in [3.05, 3.63) is 65.7 Å². The highest BCUT2D eigenvalue weighted by Crippen LogP contribution is 2.45. The molecular formula is C23H26N2O3. The Labute approximate surface area is 165 Å². The molecule has 28 heavy (non-hydrogen) atoms. The van der Waals surface area contributed by atoms with Crippen LogP contribution in [-0.2, 0) is 4.79 Å². The van der Waals surface area contributed by atoms with Crippen molar-refractivity contribution in [1.82, 2.24) is 9.80 Å². The molecule has 2 amide bonds. The zero-order valence-electron chi connectivity index (χ0n) is 16.2. The van der Waals surface area contributed by atoms with E-state index in [4.69, 9.17) is 0 Å². The third-order valence-electron chi connectivity index (χ3n) is 6.31. The molecule has 2 heterocycles. The first-order valence-electron chi connectivity index (χ1n) is 9.86. The first-order valence-corrected chi connectivity index (χ1v) is 9.86. The van der Waals surface area contributed by atoms with Gasteiger partial charge in [-0.15, -0.1) is 0 Å². The molecule has 2 fully saturated rings. The highest BCUT2D eigenvalue weighted by atomic mass is 16.3. The van der Waals surface area contributed by atoms with Crippen LogP contribution in [0.1, 0.15) is 41.1 Å². The van der Waals surface area contributed by atoms with Gasteiger partial charge in [0.05, 0.1) is 5.92 Å². The van der Waals surface area contributed by atoms with Crippen LogP contribution >= 0.6 is 0 Å². The van der Waals surface area contributed by atoms with E-state index in [1.54, 1.807) is 24.3 Å². The van der Waals surface area contributed by atoms with Gasteiger partial charge in [0, 0.05) is 32.2 Å². The van der Waals surface area contributed by atoms with Gasteiger partial charge in [-0.1, -0.05) is 30.3 Å². The summed E-state index contributed by atoms with van der Waals surface area (Å²) in [7, 11) is 1.90. The van der Waals surface area contributed by atoms with E-state index < -0.39 is 0 Å². The van der Waals surface area contributed by atoms with Gasteiger partial charge in [0.1, 0.15) is 5.75 Å². The number of carbonyl (C=O) groups excluding carboxylic acids is 2. The summed E-state index contributed by atoms with van der Waals surface area (Å²) >= 11 is 0. The maximum absolute atomic E-state index is 12.8. The number of phenols is 1. The molecule has 1 atom stereocenters. The van der Waals surface area contributed by atoms with Crippen LogP contribution in [0.25, 0.3) is 0 Å². The number of likely N-dealkylation sites (N-methyl/N-ethyl adjacent to an activating group) is 1. The fourth-order valence-electron chi connectivity index (χ4n) is 4.71. The van der Waals surface area contributed by atoms with E-state index in [1.165, 1.54) is 0 Å². The van der Waals surface area contributed by atoms with Crippen LogP contribution in [0.2, 0.25) is 0 Å². The summed E-state index contributed by atoms with van der Waals surface area (Å²) in [6.07, 6.45) is 2.65. The van der Waals surface area contributed by atoms with Crippen LogP contribution < -0.4 is 0 Å². The van der Waals surface area contributed by atoms with Crippen LogP contribution in [0.15, 0.2) is 54.6 Å². The number of amides is 2. The van der Waals surface area contributed by atoms with Gasteiger partial charge in [0.15, 0.2) is 0 Å². The van der Waals surface area contributed by atoms with Gasteiger partial charge >= 0.3 is 0 Å². The average Bonchev–Trinajstić information content (AvgIpc) is 2.72. The summed E-state index contributed by atoms with van der Waals surface area (Å²) < 4.78 is 0. The van der Waals surface area contributed by atoms with Crippen molar-refractivity contribution in [3.8, 4) is 5.75 Å². The second kappa shape index (κ2) is 7.30. The van der Waals surface area contributed by atoms with E-state index in [1.807, 2.05) is 47.2 Å². The molecule has 0 aliphatic carbocycles. The van der Waals surface area contributed by atoms with Gasteiger partial charge in [0.25, 0.3) is 5.91 Å². The molecule has 5 heteroatoms. The second-order valence-corrected chi connectivity index (χ2v) is 8.20. The lowest BCUT2D eigenvalue weighted by molar-refractivity contribution is -0.139. The zero-order valence-corrected chi connectivity index (χ0v) is 16.2. The molecular weight excluding hydrogens is 352 g/mol. The van der Waals surface area contributed by atoms with Crippen molar-refractivity contribution in [1.29, 1.82) is 0 Å². The van der Waals surface area contributed by atoms with Crippen molar-refractivity contribution < 1.29 is 14.7 Å². The molecule has 2 aliphatic rings. The molecule has 2 saturated heterocycles. The summed E-state index contributed by atoms with van der Waals surface area (Å²) in [4.78, 5) is 29.3. The number of likely N-dealkylation sites (tertiary alicyclic amines) is 2. The van der Waals surface area contributed by atoms with E-state index in [9.17, 15) is 14.7 Å². The van der Waals surface area contributed by atoms with Crippen molar-refractivity contribution in [2.24, 2.45) is 5.41 Å².